The van der Waals surface area contributed by atoms with Gasteiger partial charge in [-0.2, -0.15) is 0 Å². The van der Waals surface area contributed by atoms with Crippen LogP contribution in [0.25, 0.3) is 0 Å². The first-order valence-electron chi connectivity index (χ1n) is 6.12. The summed E-state index contributed by atoms with van der Waals surface area (Å²) in [6.45, 7) is 1.53. The molecule has 0 aromatic heterocycles. The van der Waals surface area contributed by atoms with Crippen LogP contribution in [0.1, 0.15) is 21.5 Å². The summed E-state index contributed by atoms with van der Waals surface area (Å²) in [5.74, 6) is -1.16. The van der Waals surface area contributed by atoms with Crippen molar-refractivity contribution in [1.29, 1.82) is 0 Å². The van der Waals surface area contributed by atoms with Gasteiger partial charge in [-0.1, -0.05) is 53.5 Å². The van der Waals surface area contributed by atoms with E-state index in [2.05, 4.69) is 5.32 Å². The Morgan fingerprint density at radius 3 is 2.15 bits per heavy atom. The first-order chi connectivity index (χ1) is 9.56. The van der Waals surface area contributed by atoms with Gasteiger partial charge in [-0.25, -0.2) is 0 Å². The normalized spacial score (nSPS) is 10.5. The van der Waals surface area contributed by atoms with E-state index in [9.17, 15) is 9.90 Å². The highest BCUT2D eigenvalue weighted by molar-refractivity contribution is 6.42. The fraction of sp³-hybridized carbons (Fsp3) is 0.133. The summed E-state index contributed by atoms with van der Waals surface area (Å²) < 4.78 is 0. The van der Waals surface area contributed by atoms with Gasteiger partial charge in [-0.15, -0.1) is 0 Å². The lowest BCUT2D eigenvalue weighted by Crippen LogP contribution is -2.80. The highest BCUT2D eigenvalue weighted by Crippen LogP contribution is 2.22. The second-order valence-electron chi connectivity index (χ2n) is 4.43. The molecule has 0 unspecified atom stereocenters. The minimum atomic E-state index is -1.16. The molecule has 0 spiro atoms. The van der Waals surface area contributed by atoms with Gasteiger partial charge in [0, 0.05) is 11.1 Å². The van der Waals surface area contributed by atoms with Gasteiger partial charge in [0.15, 0.2) is 0 Å². The molecule has 0 saturated carbocycles. The SMILES string of the molecule is O=C([O-])c1ccc(C[NH2+]Cc2ccc(Cl)c(Cl)c2)cc1. The average Bonchev–Trinajstić information content (AvgIpc) is 2.43. The molecule has 0 amide bonds. The molecule has 0 aliphatic rings. The zero-order chi connectivity index (χ0) is 14.5. The van der Waals surface area contributed by atoms with Crippen molar-refractivity contribution >= 4 is 29.2 Å². The standard InChI is InChI=1S/C15H13Cl2NO2/c16-13-6-3-11(7-14(13)17)9-18-8-10-1-4-12(5-2-10)15(19)20/h1-7,18H,8-9H2,(H,19,20). The van der Waals surface area contributed by atoms with Crippen LogP contribution in [0.4, 0.5) is 0 Å². The van der Waals surface area contributed by atoms with Crippen LogP contribution in [0.15, 0.2) is 42.5 Å². The van der Waals surface area contributed by atoms with E-state index < -0.39 is 5.97 Å². The predicted octanol–water partition coefficient (Wildman–Crippen LogP) is 1.62. The van der Waals surface area contributed by atoms with E-state index in [0.717, 1.165) is 24.2 Å². The van der Waals surface area contributed by atoms with Crippen molar-refractivity contribution in [3.63, 3.8) is 0 Å². The summed E-state index contributed by atoms with van der Waals surface area (Å²) in [7, 11) is 0. The lowest BCUT2D eigenvalue weighted by atomic mass is 10.1. The van der Waals surface area contributed by atoms with E-state index in [1.54, 1.807) is 30.3 Å². The van der Waals surface area contributed by atoms with Crippen molar-refractivity contribution in [2.24, 2.45) is 0 Å². The number of nitrogens with two attached hydrogens (primary N) is 1. The third-order valence-electron chi connectivity index (χ3n) is 2.93. The van der Waals surface area contributed by atoms with Crippen LogP contribution in [0, 0.1) is 0 Å². The number of carbonyl (C=O) groups excluding carboxylic acids is 1. The van der Waals surface area contributed by atoms with Crippen molar-refractivity contribution < 1.29 is 15.2 Å². The second kappa shape index (κ2) is 6.75. The second-order valence-corrected chi connectivity index (χ2v) is 5.24. The van der Waals surface area contributed by atoms with Crippen LogP contribution in [-0.2, 0) is 13.1 Å². The molecule has 0 aliphatic heterocycles. The zero-order valence-electron chi connectivity index (χ0n) is 10.6. The lowest BCUT2D eigenvalue weighted by Gasteiger charge is -2.05. The molecule has 2 aromatic rings. The molecule has 0 fully saturated rings. The molecule has 0 atom stereocenters. The molecular weight excluding hydrogens is 297 g/mol. The quantitative estimate of drug-likeness (QED) is 0.912. The molecule has 2 rings (SSSR count). The van der Waals surface area contributed by atoms with Gasteiger partial charge >= 0.3 is 0 Å². The molecule has 0 bridgehead atoms. The van der Waals surface area contributed by atoms with E-state index in [4.69, 9.17) is 23.2 Å². The number of carboxylic acids is 1. The van der Waals surface area contributed by atoms with Crippen molar-refractivity contribution in [3.8, 4) is 0 Å². The molecule has 104 valence electrons. The molecule has 2 N–H and O–H groups in total. The fourth-order valence-electron chi connectivity index (χ4n) is 1.85. The number of carbonyl (C=O) groups is 1. The summed E-state index contributed by atoms with van der Waals surface area (Å²) in [5.41, 5.74) is 2.33. The average molecular weight is 310 g/mol. The van der Waals surface area contributed by atoms with Crippen LogP contribution >= 0.6 is 23.2 Å². The monoisotopic (exact) mass is 309 g/mol. The summed E-state index contributed by atoms with van der Waals surface area (Å²) in [4.78, 5) is 10.6. The Morgan fingerprint density at radius 1 is 0.950 bits per heavy atom. The van der Waals surface area contributed by atoms with Gasteiger partial charge < -0.3 is 15.2 Å². The van der Waals surface area contributed by atoms with Gasteiger partial charge in [-0.05, 0) is 17.7 Å². The topological polar surface area (TPSA) is 56.7 Å². The number of carboxylic acid groups (broad SMARTS) is 1. The van der Waals surface area contributed by atoms with Gasteiger partial charge in [0.2, 0.25) is 0 Å². The summed E-state index contributed by atoms with van der Waals surface area (Å²) >= 11 is 11.8. The zero-order valence-corrected chi connectivity index (χ0v) is 12.1. The van der Waals surface area contributed by atoms with Crippen LogP contribution in [-0.4, -0.2) is 5.97 Å². The number of quaternary nitrogens is 1. The third kappa shape index (κ3) is 3.97. The predicted molar refractivity (Wildman–Crippen MR) is 76.6 cm³/mol. The van der Waals surface area contributed by atoms with Crippen molar-refractivity contribution in [2.75, 3.05) is 0 Å². The molecule has 0 heterocycles. The van der Waals surface area contributed by atoms with Crippen LogP contribution in [0.5, 0.6) is 0 Å². The molecular formula is C15H13Cl2NO2. The van der Waals surface area contributed by atoms with Crippen LogP contribution in [0.3, 0.4) is 0 Å². The minimum absolute atomic E-state index is 0.193. The summed E-state index contributed by atoms with van der Waals surface area (Å²) in [6, 6.07) is 12.2. The first kappa shape index (κ1) is 14.9. The fourth-order valence-corrected chi connectivity index (χ4v) is 2.17. The van der Waals surface area contributed by atoms with E-state index >= 15 is 0 Å². The number of rotatable bonds is 5. The number of hydrogen-bond donors (Lipinski definition) is 1. The number of aromatic carboxylic acids is 1. The van der Waals surface area contributed by atoms with Crippen LogP contribution < -0.4 is 10.4 Å². The maximum atomic E-state index is 10.6. The Hall–Kier alpha value is -1.55. The Labute approximate surface area is 127 Å². The Morgan fingerprint density at radius 2 is 1.55 bits per heavy atom. The molecule has 0 saturated heterocycles. The van der Waals surface area contributed by atoms with Gasteiger partial charge in [0.1, 0.15) is 13.1 Å². The lowest BCUT2D eigenvalue weighted by molar-refractivity contribution is -0.686. The molecule has 5 heteroatoms. The van der Waals surface area contributed by atoms with Crippen LogP contribution in [0.2, 0.25) is 10.0 Å². The third-order valence-corrected chi connectivity index (χ3v) is 3.67. The van der Waals surface area contributed by atoms with E-state index in [0.29, 0.717) is 10.0 Å². The van der Waals surface area contributed by atoms with Gasteiger partial charge in [0.05, 0.1) is 16.0 Å². The molecule has 0 radical (unpaired) electrons. The summed E-state index contributed by atoms with van der Waals surface area (Å²) in [5, 5.41) is 13.8. The van der Waals surface area contributed by atoms with Gasteiger partial charge in [-0.3, -0.25) is 0 Å². The highest BCUT2D eigenvalue weighted by atomic mass is 35.5. The largest absolute Gasteiger partial charge is 0.545 e. The van der Waals surface area contributed by atoms with E-state index in [-0.39, 0.29) is 5.56 Å². The number of benzene rings is 2. The maximum absolute atomic E-state index is 10.6. The number of hydrogen-bond acceptors (Lipinski definition) is 2. The smallest absolute Gasteiger partial charge is 0.102 e. The molecule has 3 nitrogen and oxygen atoms in total. The Bertz CT molecular complexity index is 612. The molecule has 2 aromatic carbocycles. The summed E-state index contributed by atoms with van der Waals surface area (Å²) in [6.07, 6.45) is 0. The Kier molecular flexibility index (Phi) is 5.01. The molecule has 0 aliphatic carbocycles. The number of halogens is 2. The van der Waals surface area contributed by atoms with Crippen molar-refractivity contribution in [3.05, 3.63) is 69.2 Å². The van der Waals surface area contributed by atoms with E-state index in [1.807, 2.05) is 12.1 Å². The van der Waals surface area contributed by atoms with Crippen molar-refractivity contribution in [2.45, 2.75) is 13.1 Å². The Balaban J connectivity index is 1.89. The van der Waals surface area contributed by atoms with E-state index in [1.165, 1.54) is 0 Å². The molecule has 20 heavy (non-hydrogen) atoms. The maximum Gasteiger partial charge on any atom is 0.102 e. The first-order valence-corrected chi connectivity index (χ1v) is 6.88. The van der Waals surface area contributed by atoms with Gasteiger partial charge in [0.25, 0.3) is 0 Å². The minimum Gasteiger partial charge on any atom is -0.545 e. The highest BCUT2D eigenvalue weighted by Gasteiger charge is 2.02. The van der Waals surface area contributed by atoms with Crippen molar-refractivity contribution in [1.82, 2.24) is 0 Å².